The van der Waals surface area contributed by atoms with E-state index in [0.717, 1.165) is 24.8 Å². The van der Waals surface area contributed by atoms with Gasteiger partial charge in [0, 0.05) is 6.54 Å². The highest BCUT2D eigenvalue weighted by Gasteiger charge is 2.31. The van der Waals surface area contributed by atoms with Gasteiger partial charge in [-0.25, -0.2) is 0 Å². The third-order valence-corrected chi connectivity index (χ3v) is 4.16. The molecule has 3 heteroatoms. The van der Waals surface area contributed by atoms with Gasteiger partial charge in [0.25, 0.3) is 0 Å². The van der Waals surface area contributed by atoms with E-state index >= 15 is 0 Å². The smallest absolute Gasteiger partial charge is 0.237 e. The molecule has 0 bridgehead atoms. The van der Waals surface area contributed by atoms with Gasteiger partial charge in [0.05, 0.1) is 12.7 Å². The maximum Gasteiger partial charge on any atom is 0.237 e. The normalized spacial score (nSPS) is 35.8. The van der Waals surface area contributed by atoms with Crippen LogP contribution in [0.25, 0.3) is 0 Å². The van der Waals surface area contributed by atoms with Gasteiger partial charge in [0.2, 0.25) is 5.91 Å². The van der Waals surface area contributed by atoms with Crippen molar-refractivity contribution in [1.82, 2.24) is 10.2 Å². The summed E-state index contributed by atoms with van der Waals surface area (Å²) in [7, 11) is 0. The van der Waals surface area contributed by atoms with Gasteiger partial charge in [-0.3, -0.25) is 10.1 Å². The fourth-order valence-electron chi connectivity index (χ4n) is 2.97. The number of hydrogen-bond donors (Lipinski definition) is 1. The average Bonchev–Trinajstić information content (AvgIpc) is 2.63. The molecule has 0 spiro atoms. The van der Waals surface area contributed by atoms with E-state index in [4.69, 9.17) is 0 Å². The van der Waals surface area contributed by atoms with Crippen LogP contribution in [0, 0.1) is 11.8 Å². The maximum atomic E-state index is 11.7. The summed E-state index contributed by atoms with van der Waals surface area (Å²) < 4.78 is 0. The van der Waals surface area contributed by atoms with Gasteiger partial charge in [-0.1, -0.05) is 26.7 Å². The van der Waals surface area contributed by atoms with Crippen LogP contribution in [0.2, 0.25) is 0 Å². The van der Waals surface area contributed by atoms with Crippen molar-refractivity contribution in [2.45, 2.75) is 52.1 Å². The second-order valence-corrected chi connectivity index (χ2v) is 5.48. The average molecular weight is 224 g/mol. The van der Waals surface area contributed by atoms with Gasteiger partial charge < -0.3 is 4.90 Å². The molecule has 1 N–H and O–H groups in total. The lowest BCUT2D eigenvalue weighted by Gasteiger charge is -2.32. The van der Waals surface area contributed by atoms with Gasteiger partial charge in [0.15, 0.2) is 0 Å². The third-order valence-electron chi connectivity index (χ3n) is 4.16. The third kappa shape index (κ3) is 2.57. The van der Waals surface area contributed by atoms with E-state index in [1.54, 1.807) is 0 Å². The van der Waals surface area contributed by atoms with E-state index in [1.807, 2.05) is 0 Å². The van der Waals surface area contributed by atoms with Crippen molar-refractivity contribution < 1.29 is 4.79 Å². The molecule has 3 nitrogen and oxygen atoms in total. The molecule has 0 aromatic rings. The lowest BCUT2D eigenvalue weighted by atomic mass is 9.83. The number of carbonyl (C=O) groups excluding carboxylic acids is 1. The van der Waals surface area contributed by atoms with Crippen molar-refractivity contribution in [1.29, 1.82) is 0 Å². The molecule has 2 aliphatic rings. The SMILES string of the molecule is CCC1NCC(=O)N1CC1CCC(C)CC1. The zero-order valence-electron chi connectivity index (χ0n) is 10.5. The number of nitrogens with one attached hydrogen (secondary N) is 1. The van der Waals surface area contributed by atoms with Crippen LogP contribution in [0.1, 0.15) is 46.0 Å². The van der Waals surface area contributed by atoms with Crippen molar-refractivity contribution in [3.63, 3.8) is 0 Å². The lowest BCUT2D eigenvalue weighted by molar-refractivity contribution is -0.128. The Morgan fingerprint density at radius 3 is 2.62 bits per heavy atom. The van der Waals surface area contributed by atoms with Crippen molar-refractivity contribution in [3.05, 3.63) is 0 Å². The number of amides is 1. The quantitative estimate of drug-likeness (QED) is 0.795. The van der Waals surface area contributed by atoms with Crippen LogP contribution >= 0.6 is 0 Å². The summed E-state index contributed by atoms with van der Waals surface area (Å²) >= 11 is 0. The van der Waals surface area contributed by atoms with Crippen molar-refractivity contribution in [3.8, 4) is 0 Å². The summed E-state index contributed by atoms with van der Waals surface area (Å²) in [5.74, 6) is 1.94. The molecule has 0 aromatic heterocycles. The highest BCUT2D eigenvalue weighted by Crippen LogP contribution is 2.29. The second-order valence-electron chi connectivity index (χ2n) is 5.48. The summed E-state index contributed by atoms with van der Waals surface area (Å²) in [5.41, 5.74) is 0. The summed E-state index contributed by atoms with van der Waals surface area (Å²) in [6.07, 6.45) is 6.62. The molecule has 1 unspecified atom stereocenters. The van der Waals surface area contributed by atoms with Gasteiger partial charge in [0.1, 0.15) is 0 Å². The number of hydrogen-bond acceptors (Lipinski definition) is 2. The molecule has 92 valence electrons. The van der Waals surface area contributed by atoms with E-state index < -0.39 is 0 Å². The van der Waals surface area contributed by atoms with Gasteiger partial charge >= 0.3 is 0 Å². The molecular weight excluding hydrogens is 200 g/mol. The van der Waals surface area contributed by atoms with Crippen LogP contribution in [0.3, 0.4) is 0 Å². The minimum Gasteiger partial charge on any atom is -0.326 e. The van der Waals surface area contributed by atoms with Crippen LogP contribution in [-0.4, -0.2) is 30.1 Å². The Hall–Kier alpha value is -0.570. The van der Waals surface area contributed by atoms with E-state index in [1.165, 1.54) is 25.7 Å². The van der Waals surface area contributed by atoms with Crippen LogP contribution in [0.4, 0.5) is 0 Å². The van der Waals surface area contributed by atoms with Crippen LogP contribution < -0.4 is 5.32 Å². The minimum atomic E-state index is 0.297. The first-order valence-corrected chi connectivity index (χ1v) is 6.73. The Labute approximate surface area is 98.6 Å². The van der Waals surface area contributed by atoms with Crippen molar-refractivity contribution in [2.24, 2.45) is 11.8 Å². The fraction of sp³-hybridized carbons (Fsp3) is 0.923. The Bertz CT molecular complexity index is 246. The summed E-state index contributed by atoms with van der Waals surface area (Å²) in [4.78, 5) is 13.8. The van der Waals surface area contributed by atoms with Crippen LogP contribution in [0.5, 0.6) is 0 Å². The highest BCUT2D eigenvalue weighted by atomic mass is 16.2. The molecule has 2 fully saturated rings. The molecule has 1 atom stereocenters. The van der Waals surface area contributed by atoms with Crippen molar-refractivity contribution in [2.75, 3.05) is 13.1 Å². The van der Waals surface area contributed by atoms with E-state index in [-0.39, 0.29) is 0 Å². The predicted molar refractivity (Wildman–Crippen MR) is 64.9 cm³/mol. The van der Waals surface area contributed by atoms with Gasteiger partial charge in [-0.05, 0) is 31.1 Å². The minimum absolute atomic E-state index is 0.297. The first kappa shape index (κ1) is 11.9. The molecule has 16 heavy (non-hydrogen) atoms. The Balaban J connectivity index is 1.86. The molecule has 1 heterocycles. The molecule has 1 saturated heterocycles. The number of nitrogens with zero attached hydrogens (tertiary/aromatic N) is 1. The first-order chi connectivity index (χ1) is 7.70. The van der Waals surface area contributed by atoms with Gasteiger partial charge in [-0.15, -0.1) is 0 Å². The largest absolute Gasteiger partial charge is 0.326 e. The zero-order valence-corrected chi connectivity index (χ0v) is 10.5. The van der Waals surface area contributed by atoms with Crippen LogP contribution in [-0.2, 0) is 4.79 Å². The fourth-order valence-corrected chi connectivity index (χ4v) is 2.97. The lowest BCUT2D eigenvalue weighted by Crippen LogP contribution is -2.40. The zero-order chi connectivity index (χ0) is 11.5. The number of carbonyl (C=O) groups is 1. The standard InChI is InChI=1S/C13H24N2O/c1-3-12-14-8-13(16)15(12)9-11-6-4-10(2)5-7-11/h10-12,14H,3-9H2,1-2H3. The maximum absolute atomic E-state index is 11.7. The van der Waals surface area contributed by atoms with E-state index in [9.17, 15) is 4.79 Å². The first-order valence-electron chi connectivity index (χ1n) is 6.73. The van der Waals surface area contributed by atoms with Crippen molar-refractivity contribution >= 4 is 5.91 Å². The van der Waals surface area contributed by atoms with E-state index in [0.29, 0.717) is 18.6 Å². The van der Waals surface area contributed by atoms with E-state index in [2.05, 4.69) is 24.1 Å². The molecular formula is C13H24N2O. The molecule has 0 radical (unpaired) electrons. The van der Waals surface area contributed by atoms with Gasteiger partial charge in [-0.2, -0.15) is 0 Å². The second kappa shape index (κ2) is 5.17. The Morgan fingerprint density at radius 1 is 1.31 bits per heavy atom. The highest BCUT2D eigenvalue weighted by molar-refractivity contribution is 5.80. The Kier molecular flexibility index (Phi) is 3.85. The molecule has 1 amide bonds. The molecule has 1 saturated carbocycles. The molecule has 1 aliphatic carbocycles. The van der Waals surface area contributed by atoms with Crippen LogP contribution in [0.15, 0.2) is 0 Å². The molecule has 0 aromatic carbocycles. The molecule has 1 aliphatic heterocycles. The monoisotopic (exact) mass is 224 g/mol. The predicted octanol–water partition coefficient (Wildman–Crippen LogP) is 1.98. The number of rotatable bonds is 3. The topological polar surface area (TPSA) is 32.3 Å². The molecule has 2 rings (SSSR count). The summed E-state index contributed by atoms with van der Waals surface area (Å²) in [5, 5.41) is 3.28. The summed E-state index contributed by atoms with van der Waals surface area (Å²) in [6, 6.07) is 0. The Morgan fingerprint density at radius 2 is 2.00 bits per heavy atom. The summed E-state index contributed by atoms with van der Waals surface area (Å²) in [6.45, 7) is 6.01.